The molecule has 2 aromatic carbocycles. The zero-order chi connectivity index (χ0) is 21.5. The van der Waals surface area contributed by atoms with Crippen molar-refractivity contribution < 1.29 is 14.3 Å². The zero-order valence-corrected chi connectivity index (χ0v) is 17.3. The van der Waals surface area contributed by atoms with Crippen LogP contribution in [0.4, 0.5) is 0 Å². The summed E-state index contributed by atoms with van der Waals surface area (Å²) < 4.78 is 13.1. The predicted molar refractivity (Wildman–Crippen MR) is 117 cm³/mol. The maximum atomic E-state index is 13.1. The van der Waals surface area contributed by atoms with Crippen LogP contribution in [0.5, 0.6) is 11.5 Å². The number of carbonyl (C=O) groups is 1. The number of primary amides is 1. The standard InChI is InChI=1S/C23H27N3O4/c1-3-29-12-11-26-21-14-20(30-19-7-5-4-6-8-19)10-9-17(21)13-18(23(26)28)15-25-16(2)22(24)27/h4-10,13-14,16,25H,3,11-12,15H2,1-2H3,(H2,24,27)/t16-/m1/s1. The van der Waals surface area contributed by atoms with Crippen molar-refractivity contribution in [2.24, 2.45) is 5.73 Å². The van der Waals surface area contributed by atoms with Gasteiger partial charge >= 0.3 is 0 Å². The molecule has 3 aromatic rings. The summed E-state index contributed by atoms with van der Waals surface area (Å²) in [6.07, 6.45) is 0. The van der Waals surface area contributed by atoms with Crippen LogP contribution in [0, 0.1) is 0 Å². The zero-order valence-electron chi connectivity index (χ0n) is 17.3. The molecule has 158 valence electrons. The molecule has 0 aliphatic heterocycles. The number of amides is 1. The van der Waals surface area contributed by atoms with E-state index in [9.17, 15) is 9.59 Å². The van der Waals surface area contributed by atoms with E-state index >= 15 is 0 Å². The first-order chi connectivity index (χ1) is 14.5. The van der Waals surface area contributed by atoms with Gasteiger partial charge < -0.3 is 25.1 Å². The molecule has 0 fully saturated rings. The van der Waals surface area contributed by atoms with Crippen LogP contribution < -0.4 is 21.3 Å². The van der Waals surface area contributed by atoms with Crippen LogP contribution in [-0.2, 0) is 22.6 Å². The minimum Gasteiger partial charge on any atom is -0.457 e. The quantitative estimate of drug-likeness (QED) is 0.502. The summed E-state index contributed by atoms with van der Waals surface area (Å²) in [6, 6.07) is 16.4. The van der Waals surface area contributed by atoms with E-state index in [-0.39, 0.29) is 12.1 Å². The van der Waals surface area contributed by atoms with Crippen molar-refractivity contribution in [3.63, 3.8) is 0 Å². The molecule has 1 heterocycles. The fourth-order valence-electron chi connectivity index (χ4n) is 3.11. The average molecular weight is 409 g/mol. The van der Waals surface area contributed by atoms with Crippen LogP contribution in [0.2, 0.25) is 0 Å². The number of para-hydroxylation sites is 1. The Hall–Kier alpha value is -3.16. The average Bonchev–Trinajstić information content (AvgIpc) is 2.74. The van der Waals surface area contributed by atoms with E-state index in [1.54, 1.807) is 11.5 Å². The molecular formula is C23H27N3O4. The lowest BCUT2D eigenvalue weighted by molar-refractivity contribution is -0.119. The number of ether oxygens (including phenoxy) is 2. The second kappa shape index (κ2) is 10.0. The molecule has 7 heteroatoms. The van der Waals surface area contributed by atoms with Gasteiger partial charge in [0, 0.05) is 31.3 Å². The first-order valence-electron chi connectivity index (χ1n) is 9.99. The van der Waals surface area contributed by atoms with Gasteiger partial charge in [-0.15, -0.1) is 0 Å². The van der Waals surface area contributed by atoms with E-state index in [1.807, 2.05) is 61.5 Å². The Bertz CT molecular complexity index is 1060. The first kappa shape index (κ1) is 21.5. The third-order valence-corrected chi connectivity index (χ3v) is 4.81. The molecule has 3 rings (SSSR count). The number of nitrogens with zero attached hydrogens (tertiary/aromatic N) is 1. The number of benzene rings is 2. The molecule has 7 nitrogen and oxygen atoms in total. The van der Waals surface area contributed by atoms with Crippen molar-refractivity contribution in [3.05, 3.63) is 70.5 Å². The highest BCUT2D eigenvalue weighted by molar-refractivity contribution is 5.81. The summed E-state index contributed by atoms with van der Waals surface area (Å²) in [5, 5.41) is 3.90. The second-order valence-electron chi connectivity index (χ2n) is 6.96. The fraction of sp³-hybridized carbons (Fsp3) is 0.304. The molecule has 1 aromatic heterocycles. The topological polar surface area (TPSA) is 95.6 Å². The van der Waals surface area contributed by atoms with Crippen LogP contribution in [-0.4, -0.2) is 29.7 Å². The van der Waals surface area contributed by atoms with Gasteiger partial charge in [-0.25, -0.2) is 0 Å². The van der Waals surface area contributed by atoms with Gasteiger partial charge in [-0.1, -0.05) is 18.2 Å². The molecule has 0 unspecified atom stereocenters. The van der Waals surface area contributed by atoms with Gasteiger partial charge in [-0.3, -0.25) is 9.59 Å². The smallest absolute Gasteiger partial charge is 0.255 e. The van der Waals surface area contributed by atoms with Crippen LogP contribution in [0.3, 0.4) is 0 Å². The number of aromatic nitrogens is 1. The van der Waals surface area contributed by atoms with Crippen molar-refractivity contribution in [2.75, 3.05) is 13.2 Å². The Morgan fingerprint density at radius 3 is 2.60 bits per heavy atom. The monoisotopic (exact) mass is 409 g/mol. The number of nitrogens with two attached hydrogens (primary N) is 1. The van der Waals surface area contributed by atoms with Crippen molar-refractivity contribution >= 4 is 16.8 Å². The summed E-state index contributed by atoms with van der Waals surface area (Å²) in [7, 11) is 0. The normalized spacial score (nSPS) is 12.1. The minimum atomic E-state index is -0.529. The van der Waals surface area contributed by atoms with Gasteiger partial charge in [0.2, 0.25) is 5.91 Å². The molecule has 0 radical (unpaired) electrons. The number of pyridine rings is 1. The molecule has 30 heavy (non-hydrogen) atoms. The number of rotatable bonds is 10. The fourth-order valence-corrected chi connectivity index (χ4v) is 3.11. The summed E-state index contributed by atoms with van der Waals surface area (Å²) in [5.41, 5.74) is 6.49. The van der Waals surface area contributed by atoms with Crippen molar-refractivity contribution in [2.45, 2.75) is 33.0 Å². The molecule has 0 bridgehead atoms. The van der Waals surface area contributed by atoms with Gasteiger partial charge in [0.1, 0.15) is 11.5 Å². The lowest BCUT2D eigenvalue weighted by Gasteiger charge is -2.16. The lowest BCUT2D eigenvalue weighted by Crippen LogP contribution is -2.39. The van der Waals surface area contributed by atoms with Gasteiger partial charge in [0.25, 0.3) is 5.56 Å². The van der Waals surface area contributed by atoms with Crippen LogP contribution in [0.15, 0.2) is 59.4 Å². The molecule has 1 amide bonds. The number of carbonyl (C=O) groups excluding carboxylic acids is 1. The molecule has 3 N–H and O–H groups in total. The van der Waals surface area contributed by atoms with E-state index in [2.05, 4.69) is 5.32 Å². The van der Waals surface area contributed by atoms with Crippen molar-refractivity contribution in [3.8, 4) is 11.5 Å². The third-order valence-electron chi connectivity index (χ3n) is 4.81. The molecular weight excluding hydrogens is 382 g/mol. The Labute approximate surface area is 175 Å². The highest BCUT2D eigenvalue weighted by Gasteiger charge is 2.13. The first-order valence-corrected chi connectivity index (χ1v) is 9.99. The molecule has 0 saturated carbocycles. The molecule has 0 saturated heterocycles. The van der Waals surface area contributed by atoms with E-state index in [0.29, 0.717) is 31.1 Å². The SMILES string of the molecule is CCOCCn1c(=O)c(CN[C@H](C)C(N)=O)cc2ccc(Oc3ccccc3)cc21. The highest BCUT2D eigenvalue weighted by Crippen LogP contribution is 2.25. The molecule has 0 spiro atoms. The molecule has 1 atom stereocenters. The van der Waals surface area contributed by atoms with Gasteiger partial charge in [0.15, 0.2) is 0 Å². The summed E-state index contributed by atoms with van der Waals surface area (Å²) in [6.45, 7) is 5.24. The summed E-state index contributed by atoms with van der Waals surface area (Å²) in [4.78, 5) is 24.4. The van der Waals surface area contributed by atoms with Gasteiger partial charge in [-0.2, -0.15) is 0 Å². The van der Waals surface area contributed by atoms with Crippen molar-refractivity contribution in [1.82, 2.24) is 9.88 Å². The molecule has 0 aliphatic carbocycles. The number of hydrogen-bond donors (Lipinski definition) is 2. The predicted octanol–water partition coefficient (Wildman–Crippen LogP) is 2.79. The largest absolute Gasteiger partial charge is 0.457 e. The van der Waals surface area contributed by atoms with E-state index in [4.69, 9.17) is 15.2 Å². The maximum absolute atomic E-state index is 13.1. The van der Waals surface area contributed by atoms with Crippen LogP contribution in [0.25, 0.3) is 10.9 Å². The van der Waals surface area contributed by atoms with E-state index in [0.717, 1.165) is 16.7 Å². The summed E-state index contributed by atoms with van der Waals surface area (Å²) in [5.74, 6) is 0.906. The van der Waals surface area contributed by atoms with Gasteiger partial charge in [-0.05, 0) is 49.6 Å². The third kappa shape index (κ3) is 5.25. The number of fused-ring (bicyclic) bond motifs is 1. The van der Waals surface area contributed by atoms with Gasteiger partial charge in [0.05, 0.1) is 18.2 Å². The Morgan fingerprint density at radius 1 is 1.13 bits per heavy atom. The van der Waals surface area contributed by atoms with Crippen LogP contribution >= 0.6 is 0 Å². The Kier molecular flexibility index (Phi) is 7.21. The van der Waals surface area contributed by atoms with E-state index < -0.39 is 11.9 Å². The van der Waals surface area contributed by atoms with Crippen molar-refractivity contribution in [1.29, 1.82) is 0 Å². The van der Waals surface area contributed by atoms with Crippen LogP contribution in [0.1, 0.15) is 19.4 Å². The highest BCUT2D eigenvalue weighted by atomic mass is 16.5. The maximum Gasteiger partial charge on any atom is 0.255 e. The van der Waals surface area contributed by atoms with E-state index in [1.165, 1.54) is 0 Å². The Balaban J connectivity index is 1.97. The summed E-state index contributed by atoms with van der Waals surface area (Å²) >= 11 is 0. The Morgan fingerprint density at radius 2 is 1.90 bits per heavy atom. The number of hydrogen-bond acceptors (Lipinski definition) is 5. The minimum absolute atomic E-state index is 0.136. The molecule has 0 aliphatic rings. The number of nitrogens with one attached hydrogen (secondary N) is 1. The second-order valence-corrected chi connectivity index (χ2v) is 6.96. The lowest BCUT2D eigenvalue weighted by atomic mass is 10.1.